The number of nitrogens with zero attached hydrogens (tertiary/aromatic N) is 2. The second-order valence-electron chi connectivity index (χ2n) is 17.7. The summed E-state index contributed by atoms with van der Waals surface area (Å²) < 4.78 is 4.89. The van der Waals surface area contributed by atoms with Gasteiger partial charge in [-0.1, -0.05) is 212 Å². The molecule has 0 aliphatic rings. The zero-order valence-electron chi connectivity index (χ0n) is 37.3. The minimum absolute atomic E-state index is 1.14. The van der Waals surface area contributed by atoms with Gasteiger partial charge in [0.25, 0.3) is 0 Å². The van der Waals surface area contributed by atoms with Crippen molar-refractivity contribution >= 4 is 43.6 Å². The first-order valence-corrected chi connectivity index (χ1v) is 23.4. The summed E-state index contributed by atoms with van der Waals surface area (Å²) in [7, 11) is 0. The van der Waals surface area contributed by atoms with Crippen molar-refractivity contribution in [1.29, 1.82) is 0 Å². The third-order valence-electron chi connectivity index (χ3n) is 13.8. The van der Waals surface area contributed by atoms with Crippen molar-refractivity contribution in [3.8, 4) is 78.1 Å². The smallest absolute Gasteiger partial charge is 0.0547 e. The highest BCUT2D eigenvalue weighted by Gasteiger charge is 2.20. The molecule has 0 amide bonds. The number of fused-ring (bicyclic) bond motifs is 6. The van der Waals surface area contributed by atoms with E-state index in [4.69, 9.17) is 0 Å². The number of aromatic nitrogens is 2. The number of hydrogen-bond acceptors (Lipinski definition) is 0. The maximum absolute atomic E-state index is 2.46. The Bertz CT molecular complexity index is 3960. The lowest BCUT2D eigenvalue weighted by atomic mass is 9.96. The summed E-state index contributed by atoms with van der Waals surface area (Å²) in [5.41, 5.74) is 21.5. The summed E-state index contributed by atoms with van der Waals surface area (Å²) >= 11 is 0. The van der Waals surface area contributed by atoms with Gasteiger partial charge in [0.15, 0.2) is 0 Å². The van der Waals surface area contributed by atoms with E-state index in [9.17, 15) is 0 Å². The SMILES string of the molecule is c1ccc(-c2ccc(-n3c4ccc(-c5ccc(-c6ccc7c(c6)c6ccccc6n7-c6cc(-c7ccccc7)ccc6-c6ccccc6)cc5)cc4c4c(-c5ccccc5)cccc43)cc2)cc1. The molecule has 0 saturated carbocycles. The fourth-order valence-electron chi connectivity index (χ4n) is 10.5. The summed E-state index contributed by atoms with van der Waals surface area (Å²) in [5.74, 6) is 0. The monoisotopic (exact) mass is 864 g/mol. The second kappa shape index (κ2) is 16.5. The lowest BCUT2D eigenvalue weighted by Crippen LogP contribution is -1.98. The van der Waals surface area contributed by atoms with Crippen molar-refractivity contribution < 1.29 is 0 Å². The molecule has 13 aromatic rings. The summed E-state index contributed by atoms with van der Waals surface area (Å²) in [6, 6.07) is 97.3. The minimum Gasteiger partial charge on any atom is -0.309 e. The molecule has 13 rings (SSSR count). The van der Waals surface area contributed by atoms with Gasteiger partial charge in [0, 0.05) is 32.8 Å². The summed E-state index contributed by atoms with van der Waals surface area (Å²) in [5, 5.41) is 4.96. The van der Waals surface area contributed by atoms with E-state index < -0.39 is 0 Å². The van der Waals surface area contributed by atoms with Gasteiger partial charge in [0.1, 0.15) is 0 Å². The van der Waals surface area contributed by atoms with Crippen LogP contribution in [0, 0.1) is 0 Å². The van der Waals surface area contributed by atoms with E-state index in [2.05, 4.69) is 276 Å². The van der Waals surface area contributed by atoms with Crippen LogP contribution in [0.3, 0.4) is 0 Å². The van der Waals surface area contributed by atoms with Gasteiger partial charge in [-0.25, -0.2) is 0 Å². The van der Waals surface area contributed by atoms with Crippen molar-refractivity contribution in [2.75, 3.05) is 0 Å². The van der Waals surface area contributed by atoms with E-state index in [1.807, 2.05) is 0 Å². The third-order valence-corrected chi connectivity index (χ3v) is 13.8. The van der Waals surface area contributed by atoms with E-state index in [0.717, 1.165) is 11.4 Å². The zero-order chi connectivity index (χ0) is 45.0. The molecule has 2 heteroatoms. The summed E-state index contributed by atoms with van der Waals surface area (Å²) in [6.07, 6.45) is 0. The van der Waals surface area contributed by atoms with Crippen LogP contribution in [-0.2, 0) is 0 Å². The lowest BCUT2D eigenvalue weighted by molar-refractivity contribution is 1.18. The van der Waals surface area contributed by atoms with Crippen LogP contribution in [0.2, 0.25) is 0 Å². The van der Waals surface area contributed by atoms with Gasteiger partial charge in [-0.3, -0.25) is 0 Å². The highest BCUT2D eigenvalue weighted by molar-refractivity contribution is 6.17. The molecule has 2 aromatic heterocycles. The average Bonchev–Trinajstić information content (AvgIpc) is 3.94. The predicted molar refractivity (Wildman–Crippen MR) is 288 cm³/mol. The molecule has 0 aliphatic carbocycles. The number of hydrogen-bond donors (Lipinski definition) is 0. The van der Waals surface area contributed by atoms with E-state index in [1.165, 1.54) is 110 Å². The van der Waals surface area contributed by atoms with Crippen molar-refractivity contribution in [2.24, 2.45) is 0 Å². The maximum atomic E-state index is 2.46. The van der Waals surface area contributed by atoms with Gasteiger partial charge in [0.2, 0.25) is 0 Å². The molecule has 0 atom stereocenters. The number of rotatable bonds is 8. The van der Waals surface area contributed by atoms with Crippen LogP contribution in [0.4, 0.5) is 0 Å². The molecule has 0 spiro atoms. The maximum Gasteiger partial charge on any atom is 0.0547 e. The van der Waals surface area contributed by atoms with Crippen molar-refractivity contribution in [1.82, 2.24) is 9.13 Å². The fourth-order valence-corrected chi connectivity index (χ4v) is 10.5. The van der Waals surface area contributed by atoms with Crippen molar-refractivity contribution in [2.45, 2.75) is 0 Å². The fraction of sp³-hybridized carbons (Fsp3) is 0. The average molecular weight is 865 g/mol. The van der Waals surface area contributed by atoms with E-state index in [-0.39, 0.29) is 0 Å². The van der Waals surface area contributed by atoms with Gasteiger partial charge < -0.3 is 9.13 Å². The van der Waals surface area contributed by atoms with Gasteiger partial charge in [-0.15, -0.1) is 0 Å². The molecule has 0 fully saturated rings. The summed E-state index contributed by atoms with van der Waals surface area (Å²) in [4.78, 5) is 0. The summed E-state index contributed by atoms with van der Waals surface area (Å²) in [6.45, 7) is 0. The van der Waals surface area contributed by atoms with Crippen LogP contribution < -0.4 is 0 Å². The Morgan fingerprint density at radius 1 is 0.206 bits per heavy atom. The Hall–Kier alpha value is -8.98. The number of benzene rings is 11. The Morgan fingerprint density at radius 2 is 0.618 bits per heavy atom. The molecule has 0 aliphatic heterocycles. The van der Waals surface area contributed by atoms with Crippen LogP contribution in [0.25, 0.3) is 122 Å². The predicted octanol–water partition coefficient (Wildman–Crippen LogP) is 17.9. The highest BCUT2D eigenvalue weighted by Crippen LogP contribution is 2.42. The molecule has 0 N–H and O–H groups in total. The van der Waals surface area contributed by atoms with Crippen molar-refractivity contribution in [3.05, 3.63) is 267 Å². The molecule has 318 valence electrons. The normalized spacial score (nSPS) is 11.5. The molecule has 0 bridgehead atoms. The van der Waals surface area contributed by atoms with Gasteiger partial charge >= 0.3 is 0 Å². The van der Waals surface area contributed by atoms with Crippen LogP contribution in [0.15, 0.2) is 267 Å². The Kier molecular flexibility index (Phi) is 9.54. The molecule has 2 heterocycles. The van der Waals surface area contributed by atoms with E-state index in [0.29, 0.717) is 0 Å². The quantitative estimate of drug-likeness (QED) is 0.144. The molecular formula is C66H44N2. The molecule has 0 unspecified atom stereocenters. The van der Waals surface area contributed by atoms with Gasteiger partial charge in [-0.2, -0.15) is 0 Å². The minimum atomic E-state index is 1.14. The molecule has 2 nitrogen and oxygen atoms in total. The first-order valence-electron chi connectivity index (χ1n) is 23.4. The number of para-hydroxylation sites is 1. The topological polar surface area (TPSA) is 9.86 Å². The second-order valence-corrected chi connectivity index (χ2v) is 17.7. The van der Waals surface area contributed by atoms with E-state index >= 15 is 0 Å². The zero-order valence-corrected chi connectivity index (χ0v) is 37.3. The van der Waals surface area contributed by atoms with E-state index in [1.54, 1.807) is 0 Å². The Labute approximate surface area is 395 Å². The highest BCUT2D eigenvalue weighted by atomic mass is 15.0. The molecule has 0 saturated heterocycles. The van der Waals surface area contributed by atoms with Gasteiger partial charge in [0.05, 0.1) is 27.8 Å². The lowest BCUT2D eigenvalue weighted by Gasteiger charge is -2.16. The first-order chi connectivity index (χ1) is 33.7. The standard InChI is InChI=1S/C66H44N2/c1-5-16-45(17-6-1)47-32-37-55(38-33-47)67-63-41-36-53(43-60(63)66-57(25-15-27-64(66)67)51-22-11-4-12-23-51)49-30-28-48(29-31-49)52-35-40-62-59(42-52)58-24-13-14-26-61(58)68(62)65-44-54(46-18-7-2-8-19-46)34-39-56(65)50-20-9-3-10-21-50/h1-44H. The Balaban J connectivity index is 0.908. The third kappa shape index (κ3) is 6.73. The Morgan fingerprint density at radius 3 is 1.25 bits per heavy atom. The van der Waals surface area contributed by atoms with Crippen LogP contribution in [0.1, 0.15) is 0 Å². The first kappa shape index (κ1) is 39.4. The van der Waals surface area contributed by atoms with Crippen LogP contribution >= 0.6 is 0 Å². The molecule has 0 radical (unpaired) electrons. The molecular weight excluding hydrogens is 821 g/mol. The molecule has 68 heavy (non-hydrogen) atoms. The van der Waals surface area contributed by atoms with Crippen LogP contribution in [-0.4, -0.2) is 9.13 Å². The molecule has 11 aromatic carbocycles. The largest absolute Gasteiger partial charge is 0.309 e. The van der Waals surface area contributed by atoms with Crippen LogP contribution in [0.5, 0.6) is 0 Å². The van der Waals surface area contributed by atoms with Crippen molar-refractivity contribution in [3.63, 3.8) is 0 Å². The van der Waals surface area contributed by atoms with Gasteiger partial charge in [-0.05, 0) is 116 Å².